The molecule has 29 heavy (non-hydrogen) atoms. The second kappa shape index (κ2) is 12.4. The first-order valence-electron chi connectivity index (χ1n) is 10.6. The maximum Gasteiger partial charge on any atom is 0.225 e. The molecule has 1 amide bonds. The van der Waals surface area contributed by atoms with E-state index in [2.05, 4.69) is 27.2 Å². The normalized spacial score (nSPS) is 18.4. The molecular formula is C22H36IN5O. The number of halogens is 1. The standard InChI is InChI=1S/C22H35N5O.HI/c1-25(2)22(24-18-19-8-4-3-5-9-19)23-12-13-26-14-16-27(17-15-26)21(28)20-10-6-7-11-20;/h3-5,8-9,20H,6-7,10-18H2,1-2H3,(H,23,24);1H. The first kappa shape index (κ1) is 23.9. The van der Waals surface area contributed by atoms with Crippen LogP contribution in [0.1, 0.15) is 31.2 Å². The van der Waals surface area contributed by atoms with E-state index < -0.39 is 0 Å². The van der Waals surface area contributed by atoms with Crippen molar-refractivity contribution in [2.24, 2.45) is 10.9 Å². The number of rotatable bonds is 6. The van der Waals surface area contributed by atoms with Gasteiger partial charge in [0, 0.05) is 59.3 Å². The number of benzene rings is 1. The van der Waals surface area contributed by atoms with E-state index in [-0.39, 0.29) is 24.0 Å². The van der Waals surface area contributed by atoms with Gasteiger partial charge in [-0.2, -0.15) is 0 Å². The van der Waals surface area contributed by atoms with Crippen LogP contribution in [-0.4, -0.2) is 79.9 Å². The third-order valence-corrected chi connectivity index (χ3v) is 5.78. The van der Waals surface area contributed by atoms with Crippen LogP contribution in [0.3, 0.4) is 0 Å². The molecule has 2 aliphatic rings. The molecule has 1 aromatic rings. The van der Waals surface area contributed by atoms with E-state index in [1.165, 1.54) is 18.4 Å². The summed E-state index contributed by atoms with van der Waals surface area (Å²) in [7, 11) is 4.04. The second-order valence-corrected chi connectivity index (χ2v) is 8.09. The van der Waals surface area contributed by atoms with Crippen molar-refractivity contribution in [3.05, 3.63) is 35.9 Å². The monoisotopic (exact) mass is 513 g/mol. The Balaban J connectivity index is 0.00000300. The molecule has 0 bridgehead atoms. The Hall–Kier alpha value is -1.35. The second-order valence-electron chi connectivity index (χ2n) is 8.09. The Labute approximate surface area is 192 Å². The zero-order valence-electron chi connectivity index (χ0n) is 17.8. The summed E-state index contributed by atoms with van der Waals surface area (Å²) in [6.07, 6.45) is 4.64. The molecule has 6 nitrogen and oxygen atoms in total. The van der Waals surface area contributed by atoms with Crippen molar-refractivity contribution >= 4 is 35.8 Å². The average molecular weight is 513 g/mol. The van der Waals surface area contributed by atoms with Crippen molar-refractivity contribution in [3.8, 4) is 0 Å². The maximum atomic E-state index is 12.5. The highest BCUT2D eigenvalue weighted by Crippen LogP contribution is 2.26. The number of piperazine rings is 1. The quantitative estimate of drug-likeness (QED) is 0.361. The van der Waals surface area contributed by atoms with Gasteiger partial charge < -0.3 is 15.1 Å². The predicted octanol–water partition coefficient (Wildman–Crippen LogP) is 2.65. The van der Waals surface area contributed by atoms with Crippen LogP contribution in [0.4, 0.5) is 0 Å². The Morgan fingerprint density at radius 3 is 2.38 bits per heavy atom. The van der Waals surface area contributed by atoms with E-state index in [4.69, 9.17) is 4.99 Å². The summed E-state index contributed by atoms with van der Waals surface area (Å²) in [6.45, 7) is 6.21. The number of carbonyl (C=O) groups excluding carboxylic acids is 1. The molecule has 0 radical (unpaired) electrons. The van der Waals surface area contributed by atoms with Crippen LogP contribution in [0.25, 0.3) is 0 Å². The van der Waals surface area contributed by atoms with Crippen LogP contribution in [-0.2, 0) is 11.3 Å². The molecule has 1 saturated heterocycles. The van der Waals surface area contributed by atoms with Gasteiger partial charge in [0.25, 0.3) is 0 Å². The van der Waals surface area contributed by atoms with Gasteiger partial charge in [-0.1, -0.05) is 43.2 Å². The van der Waals surface area contributed by atoms with Crippen LogP contribution in [0.2, 0.25) is 0 Å². The van der Waals surface area contributed by atoms with Crippen molar-refractivity contribution in [2.45, 2.75) is 32.2 Å². The highest BCUT2D eigenvalue weighted by Gasteiger charge is 2.29. The van der Waals surface area contributed by atoms with E-state index in [1.54, 1.807) is 0 Å². The van der Waals surface area contributed by atoms with Crippen LogP contribution in [0, 0.1) is 5.92 Å². The molecule has 0 aromatic heterocycles. The van der Waals surface area contributed by atoms with E-state index in [0.29, 0.717) is 18.4 Å². The smallest absolute Gasteiger partial charge is 0.225 e. The number of carbonyl (C=O) groups is 1. The topological polar surface area (TPSA) is 51.2 Å². The summed E-state index contributed by atoms with van der Waals surface area (Å²) < 4.78 is 0. The van der Waals surface area contributed by atoms with Crippen LogP contribution in [0.15, 0.2) is 35.3 Å². The Kier molecular flexibility index (Phi) is 10.2. The first-order chi connectivity index (χ1) is 13.6. The van der Waals surface area contributed by atoms with Gasteiger partial charge in [0.15, 0.2) is 5.96 Å². The summed E-state index contributed by atoms with van der Waals surface area (Å²) in [5.74, 6) is 1.62. The number of aliphatic imine (C=N–C) groups is 1. The van der Waals surface area contributed by atoms with E-state index in [0.717, 1.165) is 58.1 Å². The summed E-state index contributed by atoms with van der Waals surface area (Å²) >= 11 is 0. The molecule has 3 rings (SSSR count). The SMILES string of the molecule is CN(C)C(=NCc1ccccc1)NCCN1CCN(C(=O)C2CCCC2)CC1.I. The zero-order chi connectivity index (χ0) is 19.8. The van der Waals surface area contributed by atoms with Crippen molar-refractivity contribution < 1.29 is 4.79 Å². The third-order valence-electron chi connectivity index (χ3n) is 5.78. The van der Waals surface area contributed by atoms with Gasteiger partial charge in [-0.15, -0.1) is 24.0 Å². The molecule has 2 fully saturated rings. The largest absolute Gasteiger partial charge is 0.355 e. The van der Waals surface area contributed by atoms with Crippen molar-refractivity contribution in [1.29, 1.82) is 0 Å². The van der Waals surface area contributed by atoms with Gasteiger partial charge in [0.2, 0.25) is 5.91 Å². The number of hydrogen-bond donors (Lipinski definition) is 1. The molecule has 1 aromatic carbocycles. The summed E-state index contributed by atoms with van der Waals surface area (Å²) in [5, 5.41) is 3.47. The van der Waals surface area contributed by atoms with Gasteiger partial charge in [-0.3, -0.25) is 9.69 Å². The molecule has 1 aliphatic heterocycles. The molecule has 7 heteroatoms. The fourth-order valence-corrected chi connectivity index (χ4v) is 4.05. The fourth-order valence-electron chi connectivity index (χ4n) is 4.05. The zero-order valence-corrected chi connectivity index (χ0v) is 20.2. The molecule has 0 atom stereocenters. The van der Waals surface area contributed by atoms with Crippen molar-refractivity contribution in [3.63, 3.8) is 0 Å². The molecule has 1 N–H and O–H groups in total. The molecule has 0 spiro atoms. The van der Waals surface area contributed by atoms with E-state index in [9.17, 15) is 4.79 Å². The highest BCUT2D eigenvalue weighted by molar-refractivity contribution is 14.0. The fraction of sp³-hybridized carbons (Fsp3) is 0.636. The van der Waals surface area contributed by atoms with Crippen LogP contribution in [0.5, 0.6) is 0 Å². The lowest BCUT2D eigenvalue weighted by molar-refractivity contribution is -0.137. The van der Waals surface area contributed by atoms with Gasteiger partial charge in [0.1, 0.15) is 0 Å². The highest BCUT2D eigenvalue weighted by atomic mass is 127. The number of guanidine groups is 1. The lowest BCUT2D eigenvalue weighted by Gasteiger charge is -2.36. The average Bonchev–Trinajstić information content (AvgIpc) is 3.26. The lowest BCUT2D eigenvalue weighted by atomic mass is 10.1. The molecule has 1 aliphatic carbocycles. The molecule has 1 heterocycles. The third kappa shape index (κ3) is 7.44. The molecule has 162 valence electrons. The number of hydrogen-bond acceptors (Lipinski definition) is 3. The number of nitrogens with zero attached hydrogens (tertiary/aromatic N) is 4. The predicted molar refractivity (Wildman–Crippen MR) is 130 cm³/mol. The van der Waals surface area contributed by atoms with E-state index in [1.807, 2.05) is 37.2 Å². The maximum absolute atomic E-state index is 12.5. The van der Waals surface area contributed by atoms with Crippen LogP contribution < -0.4 is 5.32 Å². The minimum absolute atomic E-state index is 0. The number of amides is 1. The Bertz CT molecular complexity index is 638. The molecule has 1 saturated carbocycles. The Morgan fingerprint density at radius 2 is 1.76 bits per heavy atom. The van der Waals surface area contributed by atoms with Gasteiger partial charge >= 0.3 is 0 Å². The van der Waals surface area contributed by atoms with Crippen LogP contribution >= 0.6 is 24.0 Å². The summed E-state index contributed by atoms with van der Waals surface area (Å²) in [5.41, 5.74) is 1.21. The summed E-state index contributed by atoms with van der Waals surface area (Å²) in [4.78, 5) is 23.8. The van der Waals surface area contributed by atoms with Gasteiger partial charge in [0.05, 0.1) is 6.54 Å². The van der Waals surface area contributed by atoms with Gasteiger partial charge in [-0.05, 0) is 18.4 Å². The van der Waals surface area contributed by atoms with Crippen molar-refractivity contribution in [2.75, 3.05) is 53.4 Å². The van der Waals surface area contributed by atoms with Gasteiger partial charge in [-0.25, -0.2) is 4.99 Å². The molecule has 0 unspecified atom stereocenters. The van der Waals surface area contributed by atoms with Crippen molar-refractivity contribution in [1.82, 2.24) is 20.0 Å². The lowest BCUT2D eigenvalue weighted by Crippen LogP contribution is -2.51. The number of nitrogens with one attached hydrogen (secondary N) is 1. The minimum atomic E-state index is 0. The molecular weight excluding hydrogens is 477 g/mol. The summed E-state index contributed by atoms with van der Waals surface area (Å²) in [6, 6.07) is 10.3. The first-order valence-corrected chi connectivity index (χ1v) is 10.6. The van der Waals surface area contributed by atoms with E-state index >= 15 is 0 Å². The Morgan fingerprint density at radius 1 is 1.10 bits per heavy atom. The minimum Gasteiger partial charge on any atom is -0.355 e.